The second-order valence-electron chi connectivity index (χ2n) is 9.02. The van der Waals surface area contributed by atoms with Gasteiger partial charge in [-0.3, -0.25) is 9.59 Å². The van der Waals surface area contributed by atoms with E-state index in [9.17, 15) is 18.0 Å². The second-order valence-corrected chi connectivity index (χ2v) is 11.8. The number of aryl methyl sites for hydroxylation is 1. The molecule has 0 bridgehead atoms. The Balaban J connectivity index is 1.42. The molecule has 0 radical (unpaired) electrons. The minimum Gasteiger partial charge on any atom is -0.495 e. The number of sulfonamides is 1. The van der Waals surface area contributed by atoms with E-state index in [-0.39, 0.29) is 28.8 Å². The molecular weight excluding hydrogens is 603 g/mol. The Bertz CT molecular complexity index is 1700. The molecule has 1 heterocycles. The number of carbonyl (C=O) groups is 2. The number of hydrogen-bond donors (Lipinski definition) is 2. The number of methoxy groups -OCH3 is 1. The SMILES string of the molecule is COc1ccc(NC(=O)C(=O)N/N=C/c2ccc(CN(Cc3ccc(Cl)cc3)S(=O)(=O)c3ccc(C)cc3)o2)cc1Cl. The predicted octanol–water partition coefficient (Wildman–Crippen LogP) is 5.38. The average Bonchev–Trinajstić information content (AvgIpc) is 3.41. The van der Waals surface area contributed by atoms with Gasteiger partial charge in [-0.2, -0.15) is 9.41 Å². The van der Waals surface area contributed by atoms with Crippen molar-refractivity contribution < 1.29 is 27.2 Å². The molecule has 0 atom stereocenters. The maximum absolute atomic E-state index is 13.6. The fraction of sp³-hybridized carbons (Fsp3) is 0.138. The maximum Gasteiger partial charge on any atom is 0.329 e. The predicted molar refractivity (Wildman–Crippen MR) is 160 cm³/mol. The minimum atomic E-state index is -3.90. The summed E-state index contributed by atoms with van der Waals surface area (Å²) in [5.74, 6) is -1.01. The molecule has 0 aliphatic rings. The van der Waals surface area contributed by atoms with Gasteiger partial charge in [0.2, 0.25) is 10.0 Å². The molecule has 0 aliphatic carbocycles. The highest BCUT2D eigenvalue weighted by atomic mass is 35.5. The summed E-state index contributed by atoms with van der Waals surface area (Å²) in [5, 5.41) is 6.96. The first-order chi connectivity index (χ1) is 20.0. The van der Waals surface area contributed by atoms with Crippen molar-refractivity contribution in [2.75, 3.05) is 12.4 Å². The largest absolute Gasteiger partial charge is 0.495 e. The third-order valence-electron chi connectivity index (χ3n) is 5.92. The van der Waals surface area contributed by atoms with Crippen molar-refractivity contribution in [1.29, 1.82) is 0 Å². The van der Waals surface area contributed by atoms with Gasteiger partial charge in [0.1, 0.15) is 17.3 Å². The van der Waals surface area contributed by atoms with Crippen molar-refractivity contribution in [3.8, 4) is 5.75 Å². The molecule has 0 aliphatic heterocycles. The van der Waals surface area contributed by atoms with Gasteiger partial charge < -0.3 is 14.5 Å². The molecular formula is C29H26Cl2N4O6S. The smallest absolute Gasteiger partial charge is 0.329 e. The van der Waals surface area contributed by atoms with Crippen LogP contribution < -0.4 is 15.5 Å². The Labute approximate surface area is 252 Å². The van der Waals surface area contributed by atoms with E-state index >= 15 is 0 Å². The Morgan fingerprint density at radius 2 is 1.67 bits per heavy atom. The molecule has 0 unspecified atom stereocenters. The normalized spacial score (nSPS) is 11.5. The molecule has 1 aromatic heterocycles. The molecule has 218 valence electrons. The fourth-order valence-corrected chi connectivity index (χ4v) is 5.52. The zero-order valence-corrected chi connectivity index (χ0v) is 24.8. The van der Waals surface area contributed by atoms with Crippen LogP contribution in [0.1, 0.15) is 22.6 Å². The molecule has 13 heteroatoms. The van der Waals surface area contributed by atoms with Gasteiger partial charge in [-0.05, 0) is 67.1 Å². The lowest BCUT2D eigenvalue weighted by Gasteiger charge is -2.21. The number of nitrogens with zero attached hydrogens (tertiary/aromatic N) is 2. The molecule has 4 aromatic rings. The maximum atomic E-state index is 13.6. The lowest BCUT2D eigenvalue weighted by Crippen LogP contribution is -2.32. The highest BCUT2D eigenvalue weighted by Gasteiger charge is 2.26. The van der Waals surface area contributed by atoms with E-state index in [2.05, 4.69) is 15.8 Å². The number of amides is 2. The number of hydrogen-bond acceptors (Lipinski definition) is 7. The van der Waals surface area contributed by atoms with Crippen LogP contribution in [0.5, 0.6) is 5.75 Å². The van der Waals surface area contributed by atoms with Crippen LogP contribution in [0.3, 0.4) is 0 Å². The van der Waals surface area contributed by atoms with Crippen LogP contribution in [-0.4, -0.2) is 37.9 Å². The summed E-state index contributed by atoms with van der Waals surface area (Å²) in [6.45, 7) is 1.87. The van der Waals surface area contributed by atoms with Crippen LogP contribution in [0, 0.1) is 6.92 Å². The van der Waals surface area contributed by atoms with Crippen LogP contribution in [0.2, 0.25) is 10.0 Å². The van der Waals surface area contributed by atoms with Crippen molar-refractivity contribution >= 4 is 56.9 Å². The number of rotatable bonds is 10. The van der Waals surface area contributed by atoms with Crippen LogP contribution in [-0.2, 0) is 32.7 Å². The standard InChI is InChI=1S/C29H26Cl2N4O6S/c1-19-3-12-25(13-4-19)42(38,39)35(17-20-5-7-21(30)8-6-20)18-24-11-10-23(41-24)16-32-34-29(37)28(36)33-22-9-14-27(40-2)26(31)15-22/h3-16H,17-18H2,1-2H3,(H,33,36)(H,34,37)/b32-16+. The number of anilines is 1. The van der Waals surface area contributed by atoms with Crippen LogP contribution in [0.15, 0.2) is 93.3 Å². The zero-order chi connectivity index (χ0) is 30.3. The molecule has 2 amide bonds. The first-order valence-corrected chi connectivity index (χ1v) is 14.6. The number of carbonyl (C=O) groups excluding carboxylic acids is 2. The van der Waals surface area contributed by atoms with Crippen molar-refractivity contribution in [2.45, 2.75) is 24.9 Å². The van der Waals surface area contributed by atoms with Gasteiger partial charge in [-0.1, -0.05) is 53.0 Å². The van der Waals surface area contributed by atoms with E-state index in [0.717, 1.165) is 11.1 Å². The summed E-state index contributed by atoms with van der Waals surface area (Å²) in [7, 11) is -2.44. The molecule has 0 saturated carbocycles. The third kappa shape index (κ3) is 7.98. The summed E-state index contributed by atoms with van der Waals surface area (Å²) in [6.07, 6.45) is 1.19. The lowest BCUT2D eigenvalue weighted by molar-refractivity contribution is -0.136. The molecule has 4 rings (SSSR count). The Hall–Kier alpha value is -4.16. The highest BCUT2D eigenvalue weighted by molar-refractivity contribution is 7.89. The molecule has 2 N–H and O–H groups in total. The summed E-state index contributed by atoms with van der Waals surface area (Å²) >= 11 is 12.0. The van der Waals surface area contributed by atoms with E-state index in [1.807, 2.05) is 6.92 Å². The number of furan rings is 1. The van der Waals surface area contributed by atoms with E-state index in [1.165, 1.54) is 29.8 Å². The minimum absolute atomic E-state index is 0.0715. The van der Waals surface area contributed by atoms with E-state index < -0.39 is 21.8 Å². The van der Waals surface area contributed by atoms with Gasteiger partial charge in [-0.25, -0.2) is 13.8 Å². The van der Waals surface area contributed by atoms with Crippen molar-refractivity contribution in [2.24, 2.45) is 5.10 Å². The first-order valence-electron chi connectivity index (χ1n) is 12.4. The summed E-state index contributed by atoms with van der Waals surface area (Å²) in [6, 6.07) is 21.1. The average molecular weight is 630 g/mol. The highest BCUT2D eigenvalue weighted by Crippen LogP contribution is 2.27. The Morgan fingerprint density at radius 3 is 2.33 bits per heavy atom. The van der Waals surface area contributed by atoms with Crippen molar-refractivity contribution in [3.63, 3.8) is 0 Å². The Kier molecular flexibility index (Phi) is 10.0. The quantitative estimate of drug-likeness (QED) is 0.138. The van der Waals surface area contributed by atoms with E-state index in [4.69, 9.17) is 32.4 Å². The fourth-order valence-electron chi connectivity index (χ4n) is 3.74. The lowest BCUT2D eigenvalue weighted by atomic mass is 10.2. The zero-order valence-electron chi connectivity index (χ0n) is 22.5. The van der Waals surface area contributed by atoms with Crippen LogP contribution >= 0.6 is 23.2 Å². The van der Waals surface area contributed by atoms with Gasteiger partial charge in [0, 0.05) is 17.3 Å². The second kappa shape index (κ2) is 13.7. The molecule has 0 fully saturated rings. The molecule has 42 heavy (non-hydrogen) atoms. The van der Waals surface area contributed by atoms with Gasteiger partial charge in [-0.15, -0.1) is 0 Å². The first kappa shape index (κ1) is 30.8. The summed E-state index contributed by atoms with van der Waals surface area (Å²) in [5.41, 5.74) is 4.08. The topological polar surface area (TPSA) is 130 Å². The monoisotopic (exact) mass is 628 g/mol. The number of hydrazone groups is 1. The third-order valence-corrected chi connectivity index (χ3v) is 8.27. The number of nitrogens with one attached hydrogen (secondary N) is 2. The molecule has 0 spiro atoms. The molecule has 0 saturated heterocycles. The number of benzene rings is 3. The van der Waals surface area contributed by atoms with Gasteiger partial charge in [0.05, 0.1) is 29.8 Å². The van der Waals surface area contributed by atoms with Gasteiger partial charge in [0.25, 0.3) is 0 Å². The van der Waals surface area contributed by atoms with Gasteiger partial charge >= 0.3 is 11.8 Å². The van der Waals surface area contributed by atoms with Crippen LogP contribution in [0.4, 0.5) is 5.69 Å². The summed E-state index contributed by atoms with van der Waals surface area (Å²) in [4.78, 5) is 24.5. The molecule has 3 aromatic carbocycles. The van der Waals surface area contributed by atoms with Crippen LogP contribution in [0.25, 0.3) is 0 Å². The number of ether oxygens (including phenoxy) is 1. The van der Waals surface area contributed by atoms with Crippen molar-refractivity contribution in [1.82, 2.24) is 9.73 Å². The van der Waals surface area contributed by atoms with E-state index in [0.29, 0.717) is 22.2 Å². The van der Waals surface area contributed by atoms with Crippen molar-refractivity contribution in [3.05, 3.63) is 112 Å². The Morgan fingerprint density at radius 1 is 0.952 bits per heavy atom. The number of halogens is 2. The summed E-state index contributed by atoms with van der Waals surface area (Å²) < 4.78 is 39.2. The van der Waals surface area contributed by atoms with E-state index in [1.54, 1.807) is 66.7 Å². The van der Waals surface area contributed by atoms with Gasteiger partial charge in [0.15, 0.2) is 0 Å². The molecule has 10 nitrogen and oxygen atoms in total.